The molecule has 0 fully saturated rings. The van der Waals surface area contributed by atoms with Crippen molar-refractivity contribution in [2.75, 3.05) is 6.61 Å². The topological polar surface area (TPSA) is 59.4 Å². The van der Waals surface area contributed by atoms with Gasteiger partial charge in [-0.25, -0.2) is 4.79 Å². The zero-order chi connectivity index (χ0) is 11.3. The summed E-state index contributed by atoms with van der Waals surface area (Å²) in [6, 6.07) is 3.41. The van der Waals surface area contributed by atoms with Gasteiger partial charge in [0.2, 0.25) is 0 Å². The number of ether oxygens (including phenoxy) is 1. The van der Waals surface area contributed by atoms with Gasteiger partial charge in [-0.2, -0.15) is 0 Å². The lowest BCUT2D eigenvalue weighted by molar-refractivity contribution is -0.153. The number of aliphatic hydroxyl groups is 1. The van der Waals surface area contributed by atoms with Crippen LogP contribution < -0.4 is 0 Å². The van der Waals surface area contributed by atoms with Crippen LogP contribution in [-0.4, -0.2) is 22.7 Å². The lowest BCUT2D eigenvalue weighted by Crippen LogP contribution is -2.16. The maximum Gasteiger partial charge on any atom is 0.339 e. The third-order valence-electron chi connectivity index (χ3n) is 1.92. The van der Waals surface area contributed by atoms with Crippen molar-refractivity contribution in [3.63, 3.8) is 0 Å². The molecule has 1 unspecified atom stereocenters. The molecule has 0 amide bonds. The van der Waals surface area contributed by atoms with Gasteiger partial charge in [0, 0.05) is 17.5 Å². The molecule has 1 N–H and O–H groups in total. The average molecular weight is 209 g/mol. The summed E-state index contributed by atoms with van der Waals surface area (Å²) >= 11 is 0. The lowest BCUT2D eigenvalue weighted by atomic mass is 10.1. The van der Waals surface area contributed by atoms with Crippen molar-refractivity contribution in [2.24, 2.45) is 0 Å². The van der Waals surface area contributed by atoms with Crippen molar-refractivity contribution in [3.05, 3.63) is 29.6 Å². The van der Waals surface area contributed by atoms with Crippen LogP contribution in [0.3, 0.4) is 0 Å². The predicted molar refractivity (Wildman–Crippen MR) is 55.2 cm³/mol. The fraction of sp³-hybridized carbons (Fsp3) is 0.455. The minimum Gasteiger partial charge on any atom is -0.464 e. The molecule has 4 heteroatoms. The molecule has 0 saturated carbocycles. The van der Waals surface area contributed by atoms with Crippen molar-refractivity contribution in [3.8, 4) is 0 Å². The molecular weight excluding hydrogens is 194 g/mol. The summed E-state index contributed by atoms with van der Waals surface area (Å²) in [5, 5.41) is 9.59. The number of carbonyl (C=O) groups is 1. The molecular formula is C11H15NO3. The molecule has 1 atom stereocenters. The highest BCUT2D eigenvalue weighted by atomic mass is 16.5. The number of carbonyl (C=O) groups excluding carboxylic acids is 1. The zero-order valence-electron chi connectivity index (χ0n) is 8.93. The predicted octanol–water partition coefficient (Wildman–Crippen LogP) is 1.38. The van der Waals surface area contributed by atoms with Crippen LogP contribution in [0.25, 0.3) is 0 Å². The van der Waals surface area contributed by atoms with Crippen molar-refractivity contribution in [1.82, 2.24) is 4.98 Å². The first kappa shape index (κ1) is 11.7. The largest absolute Gasteiger partial charge is 0.464 e. The molecule has 0 aliphatic rings. The number of pyridine rings is 1. The van der Waals surface area contributed by atoms with Gasteiger partial charge in [0.05, 0.1) is 6.61 Å². The van der Waals surface area contributed by atoms with Crippen LogP contribution in [0.15, 0.2) is 18.3 Å². The first-order valence-corrected chi connectivity index (χ1v) is 4.92. The molecule has 4 nitrogen and oxygen atoms in total. The first-order chi connectivity index (χ1) is 7.15. The summed E-state index contributed by atoms with van der Waals surface area (Å²) < 4.78 is 4.82. The van der Waals surface area contributed by atoms with E-state index in [-0.39, 0.29) is 0 Å². The highest BCUT2D eigenvalue weighted by Gasteiger charge is 2.18. The molecule has 0 radical (unpaired) electrons. The van der Waals surface area contributed by atoms with E-state index in [9.17, 15) is 9.90 Å². The van der Waals surface area contributed by atoms with Gasteiger partial charge in [0.25, 0.3) is 0 Å². The number of esters is 1. The Kier molecular flexibility index (Phi) is 4.24. The van der Waals surface area contributed by atoms with Crippen molar-refractivity contribution in [1.29, 1.82) is 0 Å². The Hall–Kier alpha value is -1.42. The molecule has 0 aliphatic carbocycles. The summed E-state index contributed by atoms with van der Waals surface area (Å²) in [5.41, 5.74) is 1.30. The van der Waals surface area contributed by atoms with E-state index in [2.05, 4.69) is 4.98 Å². The summed E-state index contributed by atoms with van der Waals surface area (Å²) in [6.07, 6.45) is 0.988. The molecule has 0 saturated heterocycles. The zero-order valence-corrected chi connectivity index (χ0v) is 8.93. The van der Waals surface area contributed by atoms with Crippen LogP contribution in [0.1, 0.15) is 30.7 Å². The number of aromatic nitrogens is 1. The second kappa shape index (κ2) is 5.46. The van der Waals surface area contributed by atoms with Gasteiger partial charge in [-0.3, -0.25) is 4.98 Å². The van der Waals surface area contributed by atoms with E-state index in [1.807, 2.05) is 13.8 Å². The molecule has 1 heterocycles. The minimum absolute atomic E-state index is 0.329. The Bertz CT molecular complexity index is 321. The van der Waals surface area contributed by atoms with Gasteiger partial charge in [0.15, 0.2) is 6.10 Å². The Labute approximate surface area is 88.9 Å². The summed E-state index contributed by atoms with van der Waals surface area (Å²) in [6.45, 7) is 4.06. The normalized spacial score (nSPS) is 12.2. The summed E-state index contributed by atoms with van der Waals surface area (Å²) in [7, 11) is 0. The lowest BCUT2D eigenvalue weighted by Gasteiger charge is -2.09. The van der Waals surface area contributed by atoms with Crippen LogP contribution in [0.5, 0.6) is 0 Å². The van der Waals surface area contributed by atoms with E-state index < -0.39 is 12.1 Å². The number of aliphatic hydroxyl groups excluding tert-OH is 1. The van der Waals surface area contributed by atoms with Crippen LogP contribution in [0.4, 0.5) is 0 Å². The number of aryl methyl sites for hydroxylation is 1. The van der Waals surface area contributed by atoms with E-state index in [0.29, 0.717) is 12.2 Å². The van der Waals surface area contributed by atoms with E-state index in [4.69, 9.17) is 4.74 Å². The highest BCUT2D eigenvalue weighted by Crippen LogP contribution is 2.13. The van der Waals surface area contributed by atoms with Crippen LogP contribution in [0, 0.1) is 6.92 Å². The molecule has 15 heavy (non-hydrogen) atoms. The van der Waals surface area contributed by atoms with Crippen molar-refractivity contribution >= 4 is 5.97 Å². The maximum atomic E-state index is 11.3. The Morgan fingerprint density at radius 3 is 2.87 bits per heavy atom. The molecule has 0 aliphatic heterocycles. The summed E-state index contributed by atoms with van der Waals surface area (Å²) in [5.74, 6) is -0.623. The van der Waals surface area contributed by atoms with Gasteiger partial charge in [-0.15, -0.1) is 0 Å². The van der Waals surface area contributed by atoms with Gasteiger partial charge >= 0.3 is 5.97 Å². The molecule has 1 aromatic rings. The number of hydrogen-bond donors (Lipinski definition) is 1. The Balaban J connectivity index is 2.63. The monoisotopic (exact) mass is 209 g/mol. The first-order valence-electron chi connectivity index (χ1n) is 4.92. The second-order valence-electron chi connectivity index (χ2n) is 3.30. The van der Waals surface area contributed by atoms with E-state index >= 15 is 0 Å². The van der Waals surface area contributed by atoms with Gasteiger partial charge in [-0.1, -0.05) is 13.0 Å². The fourth-order valence-electron chi connectivity index (χ4n) is 1.06. The molecule has 0 aromatic carbocycles. The standard InChI is InChI=1S/C11H15NO3/c1-3-6-15-11(14)10(13)9-5-4-8(2)12-7-9/h4-5,7,10,13H,3,6H2,1-2H3. The van der Waals surface area contributed by atoms with Gasteiger partial charge in [0.1, 0.15) is 0 Å². The van der Waals surface area contributed by atoms with Crippen LogP contribution in [-0.2, 0) is 9.53 Å². The maximum absolute atomic E-state index is 11.3. The van der Waals surface area contributed by atoms with Crippen LogP contribution >= 0.6 is 0 Å². The average Bonchev–Trinajstić information content (AvgIpc) is 2.26. The van der Waals surface area contributed by atoms with E-state index in [1.54, 1.807) is 12.1 Å². The number of nitrogens with zero attached hydrogens (tertiary/aromatic N) is 1. The Morgan fingerprint density at radius 1 is 1.60 bits per heavy atom. The highest BCUT2D eigenvalue weighted by molar-refractivity contribution is 5.76. The molecule has 82 valence electrons. The second-order valence-corrected chi connectivity index (χ2v) is 3.30. The Morgan fingerprint density at radius 2 is 2.33 bits per heavy atom. The van der Waals surface area contributed by atoms with Crippen molar-refractivity contribution in [2.45, 2.75) is 26.4 Å². The van der Waals surface area contributed by atoms with Crippen LogP contribution in [0.2, 0.25) is 0 Å². The van der Waals surface area contributed by atoms with Gasteiger partial charge in [-0.05, 0) is 19.4 Å². The fourth-order valence-corrected chi connectivity index (χ4v) is 1.06. The van der Waals surface area contributed by atoms with Crippen molar-refractivity contribution < 1.29 is 14.6 Å². The van der Waals surface area contributed by atoms with E-state index in [0.717, 1.165) is 12.1 Å². The molecule has 0 spiro atoms. The minimum atomic E-state index is -1.23. The molecule has 0 bridgehead atoms. The number of rotatable bonds is 4. The third-order valence-corrected chi connectivity index (χ3v) is 1.92. The quantitative estimate of drug-likeness (QED) is 0.761. The third kappa shape index (κ3) is 3.32. The van der Waals surface area contributed by atoms with E-state index in [1.165, 1.54) is 6.20 Å². The molecule has 1 rings (SSSR count). The summed E-state index contributed by atoms with van der Waals surface area (Å²) in [4.78, 5) is 15.3. The SMILES string of the molecule is CCCOC(=O)C(O)c1ccc(C)nc1. The smallest absolute Gasteiger partial charge is 0.339 e. The van der Waals surface area contributed by atoms with Gasteiger partial charge < -0.3 is 9.84 Å². The number of hydrogen-bond acceptors (Lipinski definition) is 4. The molecule has 1 aromatic heterocycles.